The second kappa shape index (κ2) is 10.1. The summed E-state index contributed by atoms with van der Waals surface area (Å²) in [7, 11) is 0. The molecule has 0 bridgehead atoms. The molecule has 0 aromatic carbocycles. The van der Waals surface area contributed by atoms with Gasteiger partial charge in [0.2, 0.25) is 5.91 Å². The zero-order valence-corrected chi connectivity index (χ0v) is 15.1. The third-order valence-corrected chi connectivity index (χ3v) is 4.62. The highest BCUT2D eigenvalue weighted by Crippen LogP contribution is 2.28. The first-order valence-electron chi connectivity index (χ1n) is 8.21. The molecule has 6 heteroatoms. The van der Waals surface area contributed by atoms with Gasteiger partial charge < -0.3 is 10.2 Å². The van der Waals surface area contributed by atoms with Gasteiger partial charge in [0.05, 0.1) is 0 Å². The fraction of sp³-hybridized carbons (Fsp3) is 0.647. The van der Waals surface area contributed by atoms with Crippen LogP contribution in [0.15, 0.2) is 24.5 Å². The quantitative estimate of drug-likeness (QED) is 0.849. The first-order chi connectivity index (χ1) is 10.3. The third-order valence-electron chi connectivity index (χ3n) is 4.62. The molecule has 1 saturated carbocycles. The van der Waals surface area contributed by atoms with Gasteiger partial charge in [0.15, 0.2) is 0 Å². The Balaban J connectivity index is 0.00000132. The minimum Gasteiger partial charge on any atom is -0.343 e. The van der Waals surface area contributed by atoms with Gasteiger partial charge in [-0.25, -0.2) is 0 Å². The highest BCUT2D eigenvalue weighted by Gasteiger charge is 2.25. The fourth-order valence-corrected chi connectivity index (χ4v) is 2.95. The van der Waals surface area contributed by atoms with Crippen molar-refractivity contribution in [3.63, 3.8) is 0 Å². The van der Waals surface area contributed by atoms with Crippen molar-refractivity contribution in [1.82, 2.24) is 15.2 Å². The average Bonchev–Trinajstić information content (AvgIpc) is 3.36. The number of pyridine rings is 1. The number of aromatic nitrogens is 1. The maximum atomic E-state index is 12.2. The summed E-state index contributed by atoms with van der Waals surface area (Å²) in [4.78, 5) is 18.3. The first-order valence-corrected chi connectivity index (χ1v) is 8.21. The fourth-order valence-electron chi connectivity index (χ4n) is 2.95. The third kappa shape index (κ3) is 6.66. The number of likely N-dealkylation sites (tertiary alicyclic amines) is 1. The molecule has 0 unspecified atom stereocenters. The van der Waals surface area contributed by atoms with Crippen molar-refractivity contribution in [2.45, 2.75) is 44.6 Å². The molecule has 4 nitrogen and oxygen atoms in total. The molecule has 1 aliphatic heterocycles. The van der Waals surface area contributed by atoms with Crippen molar-refractivity contribution in [1.29, 1.82) is 0 Å². The minimum atomic E-state index is 0. The Hall–Kier alpha value is -0.840. The lowest BCUT2D eigenvalue weighted by Crippen LogP contribution is -2.45. The number of aryl methyl sites for hydroxylation is 1. The Labute approximate surface area is 151 Å². The maximum Gasteiger partial charge on any atom is 0.222 e. The molecule has 1 amide bonds. The Kier molecular flexibility index (Phi) is 8.88. The van der Waals surface area contributed by atoms with Crippen LogP contribution >= 0.6 is 24.8 Å². The van der Waals surface area contributed by atoms with E-state index in [0.717, 1.165) is 38.3 Å². The molecule has 2 aliphatic rings. The summed E-state index contributed by atoms with van der Waals surface area (Å²) in [6, 6.07) is 4.60. The predicted octanol–water partition coefficient (Wildman–Crippen LogP) is 2.85. The lowest BCUT2D eigenvalue weighted by Gasteiger charge is -2.32. The van der Waals surface area contributed by atoms with Crippen molar-refractivity contribution >= 4 is 30.7 Å². The molecule has 23 heavy (non-hydrogen) atoms. The van der Waals surface area contributed by atoms with Crippen LogP contribution in [0, 0.1) is 5.92 Å². The second-order valence-electron chi connectivity index (χ2n) is 6.36. The van der Waals surface area contributed by atoms with Crippen LogP contribution in [0.5, 0.6) is 0 Å². The Morgan fingerprint density at radius 3 is 2.39 bits per heavy atom. The summed E-state index contributed by atoms with van der Waals surface area (Å²) in [6.45, 7) is 3.01. The predicted molar refractivity (Wildman–Crippen MR) is 97.4 cm³/mol. The lowest BCUT2D eigenvalue weighted by atomic mass is 10.0. The van der Waals surface area contributed by atoms with E-state index in [4.69, 9.17) is 0 Å². The van der Waals surface area contributed by atoms with Gasteiger partial charge >= 0.3 is 0 Å². The molecular weight excluding hydrogens is 333 g/mol. The van der Waals surface area contributed by atoms with Crippen molar-refractivity contribution in [3.05, 3.63) is 30.1 Å². The highest BCUT2D eigenvalue weighted by molar-refractivity contribution is 5.85. The van der Waals surface area contributed by atoms with Gasteiger partial charge in [-0.05, 0) is 62.3 Å². The van der Waals surface area contributed by atoms with E-state index in [9.17, 15) is 4.79 Å². The summed E-state index contributed by atoms with van der Waals surface area (Å²) in [5, 5.41) is 3.66. The summed E-state index contributed by atoms with van der Waals surface area (Å²) in [5.74, 6) is 1.23. The van der Waals surface area contributed by atoms with Crippen LogP contribution in [0.2, 0.25) is 0 Å². The van der Waals surface area contributed by atoms with Gasteiger partial charge in [-0.3, -0.25) is 9.78 Å². The molecule has 1 aromatic heterocycles. The average molecular weight is 360 g/mol. The van der Waals surface area contributed by atoms with E-state index in [1.54, 1.807) is 12.4 Å². The number of carbonyl (C=O) groups is 1. The van der Waals surface area contributed by atoms with Crippen LogP contribution in [0.3, 0.4) is 0 Å². The van der Waals surface area contributed by atoms with Crippen LogP contribution in [0.1, 0.15) is 37.7 Å². The molecular formula is C17H27Cl2N3O. The van der Waals surface area contributed by atoms with E-state index < -0.39 is 0 Å². The van der Waals surface area contributed by atoms with Crippen LogP contribution in [-0.4, -0.2) is 41.5 Å². The number of rotatable bonds is 6. The van der Waals surface area contributed by atoms with E-state index >= 15 is 0 Å². The van der Waals surface area contributed by atoms with Crippen LogP contribution in [0.4, 0.5) is 0 Å². The number of hydrogen-bond acceptors (Lipinski definition) is 3. The van der Waals surface area contributed by atoms with Crippen LogP contribution in [-0.2, 0) is 11.2 Å². The zero-order valence-electron chi connectivity index (χ0n) is 13.4. The monoisotopic (exact) mass is 359 g/mol. The summed E-state index contributed by atoms with van der Waals surface area (Å²) in [5.41, 5.74) is 1.19. The number of hydrogen-bond donors (Lipinski definition) is 1. The summed E-state index contributed by atoms with van der Waals surface area (Å²) in [6.07, 6.45) is 10.0. The van der Waals surface area contributed by atoms with Gasteiger partial charge in [0.25, 0.3) is 0 Å². The molecule has 1 N–H and O–H groups in total. The van der Waals surface area contributed by atoms with Crippen LogP contribution in [0.25, 0.3) is 0 Å². The van der Waals surface area contributed by atoms with Crippen LogP contribution < -0.4 is 5.32 Å². The molecule has 1 saturated heterocycles. The van der Waals surface area contributed by atoms with E-state index in [1.165, 1.54) is 24.9 Å². The summed E-state index contributed by atoms with van der Waals surface area (Å²) >= 11 is 0. The smallest absolute Gasteiger partial charge is 0.222 e. The first kappa shape index (κ1) is 20.2. The van der Waals surface area contributed by atoms with E-state index in [2.05, 4.69) is 10.3 Å². The maximum absolute atomic E-state index is 12.2. The minimum absolute atomic E-state index is 0. The zero-order chi connectivity index (χ0) is 14.5. The molecule has 0 radical (unpaired) electrons. The SMILES string of the molecule is Cl.Cl.O=C(CCc1ccncc1)N1CCC(NCC2CC2)CC1. The van der Waals surface area contributed by atoms with Crippen molar-refractivity contribution in [2.75, 3.05) is 19.6 Å². The van der Waals surface area contributed by atoms with Gasteiger partial charge in [0.1, 0.15) is 0 Å². The van der Waals surface area contributed by atoms with Crippen molar-refractivity contribution in [2.24, 2.45) is 5.92 Å². The normalized spacial score (nSPS) is 18.0. The van der Waals surface area contributed by atoms with Gasteiger partial charge in [-0.15, -0.1) is 24.8 Å². The van der Waals surface area contributed by atoms with Gasteiger partial charge in [-0.1, -0.05) is 0 Å². The number of halogens is 2. The molecule has 1 aliphatic carbocycles. The largest absolute Gasteiger partial charge is 0.343 e. The number of carbonyl (C=O) groups excluding carboxylic acids is 1. The number of nitrogens with one attached hydrogen (secondary N) is 1. The number of amides is 1. The Morgan fingerprint density at radius 1 is 1.13 bits per heavy atom. The Morgan fingerprint density at radius 2 is 1.78 bits per heavy atom. The molecule has 3 rings (SSSR count). The molecule has 0 atom stereocenters. The second-order valence-corrected chi connectivity index (χ2v) is 6.36. The highest BCUT2D eigenvalue weighted by atomic mass is 35.5. The van der Waals surface area contributed by atoms with E-state index in [0.29, 0.717) is 18.4 Å². The topological polar surface area (TPSA) is 45.2 Å². The standard InChI is InChI=1S/C17H25N3O.2ClH/c21-17(4-3-14-5-9-18-10-6-14)20-11-7-16(8-12-20)19-13-15-1-2-15;;/h5-6,9-10,15-16,19H,1-4,7-8,11-13H2;2*1H. The van der Waals surface area contributed by atoms with E-state index in [-0.39, 0.29) is 24.8 Å². The molecule has 2 fully saturated rings. The molecule has 130 valence electrons. The van der Waals surface area contributed by atoms with Gasteiger partial charge in [-0.2, -0.15) is 0 Å². The molecule has 0 spiro atoms. The van der Waals surface area contributed by atoms with Crippen molar-refractivity contribution < 1.29 is 4.79 Å². The number of piperidine rings is 1. The summed E-state index contributed by atoms with van der Waals surface area (Å²) < 4.78 is 0. The molecule has 1 aromatic rings. The Bertz CT molecular complexity index is 460. The van der Waals surface area contributed by atoms with E-state index in [1.807, 2.05) is 17.0 Å². The number of nitrogens with zero attached hydrogens (tertiary/aromatic N) is 2. The van der Waals surface area contributed by atoms with Gasteiger partial charge in [0, 0.05) is 37.9 Å². The molecule has 2 heterocycles. The lowest BCUT2D eigenvalue weighted by molar-refractivity contribution is -0.132. The van der Waals surface area contributed by atoms with Crippen molar-refractivity contribution in [3.8, 4) is 0 Å².